The summed E-state index contributed by atoms with van der Waals surface area (Å²) in [6, 6.07) is 4.37. The highest BCUT2D eigenvalue weighted by molar-refractivity contribution is 7.27. The van der Waals surface area contributed by atoms with Gasteiger partial charge in [-0.2, -0.15) is 5.10 Å². The molecule has 166 valence electrons. The number of rotatable bonds is 4. The Labute approximate surface area is 184 Å². The zero-order valence-corrected chi connectivity index (χ0v) is 19.1. The van der Waals surface area contributed by atoms with Crippen molar-refractivity contribution in [3.05, 3.63) is 46.0 Å². The van der Waals surface area contributed by atoms with Crippen molar-refractivity contribution in [2.45, 2.75) is 51.1 Å². The molecule has 0 bridgehead atoms. The summed E-state index contributed by atoms with van der Waals surface area (Å²) in [4.78, 5) is 17.6. The van der Waals surface area contributed by atoms with E-state index in [0.29, 0.717) is 42.5 Å². The van der Waals surface area contributed by atoms with E-state index >= 15 is 0 Å². The van der Waals surface area contributed by atoms with Gasteiger partial charge in [-0.3, -0.25) is 14.8 Å². The molecule has 5 rings (SSSR count). The fourth-order valence-electron chi connectivity index (χ4n) is 5.18. The summed E-state index contributed by atoms with van der Waals surface area (Å²) in [5.41, 5.74) is 4.64. The first-order valence-corrected chi connectivity index (χ1v) is 11.9. The van der Waals surface area contributed by atoms with Crippen LogP contribution in [0, 0.1) is 5.82 Å². The number of amides is 1. The van der Waals surface area contributed by atoms with Gasteiger partial charge in [0.2, 0.25) is 0 Å². The number of hydrogen-bond acceptors (Lipinski definition) is 4. The van der Waals surface area contributed by atoms with E-state index < -0.39 is 0 Å². The van der Waals surface area contributed by atoms with Gasteiger partial charge in [0.1, 0.15) is 5.82 Å². The summed E-state index contributed by atoms with van der Waals surface area (Å²) in [7, 11) is 2.48. The quantitative estimate of drug-likeness (QED) is 0.736. The minimum atomic E-state index is -0.104. The molecule has 1 amide bonds. The van der Waals surface area contributed by atoms with Crippen LogP contribution in [0.1, 0.15) is 58.6 Å². The number of carbonyl (C=O) groups is 1. The second kappa shape index (κ2) is 8.61. The summed E-state index contributed by atoms with van der Waals surface area (Å²) in [5.74, 6) is 0.208. The maximum atomic E-state index is 14.6. The van der Waals surface area contributed by atoms with Gasteiger partial charge < -0.3 is 9.64 Å². The first-order chi connectivity index (χ1) is 15.1. The van der Waals surface area contributed by atoms with Crippen molar-refractivity contribution in [2.24, 2.45) is 0 Å². The van der Waals surface area contributed by atoms with Crippen molar-refractivity contribution in [1.29, 1.82) is 0 Å². The minimum Gasteiger partial charge on any atom is -0.378 e. The SMILES string of the molecule is CCc1c(C2CCN(C(=O)c3n[nH]c4c3CN(C3COC3)CC4)CC2)ccc(P)c1F. The Hall–Kier alpha value is -1.82. The molecule has 8 heteroatoms. The lowest BCUT2D eigenvalue weighted by atomic mass is 9.85. The van der Waals surface area contributed by atoms with Gasteiger partial charge in [-0.1, -0.05) is 19.1 Å². The molecule has 3 aliphatic rings. The smallest absolute Gasteiger partial charge is 0.274 e. The number of nitrogens with zero attached hydrogens (tertiary/aromatic N) is 3. The number of hydrogen-bond donors (Lipinski definition) is 1. The second-order valence-corrected chi connectivity index (χ2v) is 9.52. The van der Waals surface area contributed by atoms with E-state index in [-0.39, 0.29) is 11.7 Å². The molecule has 0 saturated carbocycles. The third-order valence-electron chi connectivity index (χ3n) is 7.19. The number of halogens is 1. The molecule has 1 aromatic heterocycles. The molecule has 1 atom stereocenters. The summed E-state index contributed by atoms with van der Waals surface area (Å²) in [6.45, 7) is 6.66. The van der Waals surface area contributed by atoms with Crippen molar-refractivity contribution in [2.75, 3.05) is 32.8 Å². The molecule has 0 aliphatic carbocycles. The number of likely N-dealkylation sites (tertiary alicyclic amines) is 1. The molecule has 1 unspecified atom stereocenters. The topological polar surface area (TPSA) is 61.5 Å². The lowest BCUT2D eigenvalue weighted by Gasteiger charge is -2.39. The average Bonchev–Trinajstić information content (AvgIpc) is 3.17. The molecule has 3 aliphatic heterocycles. The Morgan fingerprint density at radius 1 is 1.29 bits per heavy atom. The number of piperidine rings is 1. The van der Waals surface area contributed by atoms with Crippen molar-refractivity contribution >= 4 is 20.5 Å². The summed E-state index contributed by atoms with van der Waals surface area (Å²) in [6.07, 6.45) is 3.29. The van der Waals surface area contributed by atoms with Crippen LogP contribution in [-0.2, 0) is 24.1 Å². The minimum absolute atomic E-state index is 0.0184. The summed E-state index contributed by atoms with van der Waals surface area (Å²) in [5, 5.41) is 8.14. The number of carbonyl (C=O) groups excluding carboxylic acids is 1. The van der Waals surface area contributed by atoms with Gasteiger partial charge in [0, 0.05) is 49.2 Å². The lowest BCUT2D eigenvalue weighted by Crippen LogP contribution is -2.50. The van der Waals surface area contributed by atoms with E-state index in [4.69, 9.17) is 4.74 Å². The standard InChI is InChI=1S/C23H30FN4O2P/c1-2-16-17(3-4-20(31)21(16)24)14-5-8-27(9-6-14)23(29)22-18-11-28(15-12-30-13-15)10-7-19(18)25-26-22/h3-4,14-15H,2,5-13,31H2,1H3,(H,25,26). The summed E-state index contributed by atoms with van der Waals surface area (Å²) < 4.78 is 19.9. The Balaban J connectivity index is 1.28. The molecule has 0 radical (unpaired) electrons. The third kappa shape index (κ3) is 3.81. The first kappa shape index (κ1) is 21.0. The molecule has 1 N–H and O–H groups in total. The molecule has 2 aromatic rings. The number of aromatic nitrogens is 2. The maximum Gasteiger partial charge on any atom is 0.274 e. The van der Waals surface area contributed by atoms with E-state index in [1.165, 1.54) is 0 Å². The fourth-order valence-corrected chi connectivity index (χ4v) is 5.45. The number of ether oxygens (including phenoxy) is 1. The molecule has 4 heterocycles. The van der Waals surface area contributed by atoms with Gasteiger partial charge >= 0.3 is 0 Å². The highest BCUT2D eigenvalue weighted by Crippen LogP contribution is 2.33. The van der Waals surface area contributed by atoms with Gasteiger partial charge in [-0.15, -0.1) is 9.24 Å². The van der Waals surface area contributed by atoms with E-state index in [2.05, 4.69) is 30.4 Å². The largest absolute Gasteiger partial charge is 0.378 e. The van der Waals surface area contributed by atoms with Crippen LogP contribution in [0.15, 0.2) is 12.1 Å². The van der Waals surface area contributed by atoms with Crippen LogP contribution in [-0.4, -0.2) is 64.8 Å². The van der Waals surface area contributed by atoms with Crippen LogP contribution >= 0.6 is 9.24 Å². The number of fused-ring (bicyclic) bond motifs is 1. The molecule has 2 saturated heterocycles. The molecular formula is C23H30FN4O2P. The maximum absolute atomic E-state index is 14.6. The molecule has 0 spiro atoms. The zero-order valence-electron chi connectivity index (χ0n) is 18.0. The summed E-state index contributed by atoms with van der Waals surface area (Å²) >= 11 is 0. The Bertz CT molecular complexity index is 982. The van der Waals surface area contributed by atoms with Crippen LogP contribution in [0.4, 0.5) is 4.39 Å². The third-order valence-corrected chi connectivity index (χ3v) is 7.63. The van der Waals surface area contributed by atoms with E-state index in [0.717, 1.165) is 68.0 Å². The number of H-pyrrole nitrogens is 1. The normalized spacial score (nSPS) is 20.5. The molecule has 31 heavy (non-hydrogen) atoms. The second-order valence-electron chi connectivity index (χ2n) is 8.90. The molecule has 6 nitrogen and oxygen atoms in total. The Morgan fingerprint density at radius 3 is 2.74 bits per heavy atom. The van der Waals surface area contributed by atoms with Crippen LogP contribution in [0.5, 0.6) is 0 Å². The van der Waals surface area contributed by atoms with Crippen molar-refractivity contribution in [3.63, 3.8) is 0 Å². The van der Waals surface area contributed by atoms with Gasteiger partial charge in [0.15, 0.2) is 5.69 Å². The van der Waals surface area contributed by atoms with Gasteiger partial charge in [-0.05, 0) is 36.3 Å². The van der Waals surface area contributed by atoms with Crippen LogP contribution in [0.3, 0.4) is 0 Å². The first-order valence-electron chi connectivity index (χ1n) is 11.3. The Kier molecular flexibility index (Phi) is 5.84. The van der Waals surface area contributed by atoms with Crippen LogP contribution in [0.2, 0.25) is 0 Å². The van der Waals surface area contributed by atoms with Crippen molar-refractivity contribution in [3.8, 4) is 0 Å². The number of benzene rings is 1. The van der Waals surface area contributed by atoms with Crippen LogP contribution < -0.4 is 5.30 Å². The average molecular weight is 444 g/mol. The fraction of sp³-hybridized carbons (Fsp3) is 0.565. The molecule has 1 aromatic carbocycles. The highest BCUT2D eigenvalue weighted by Gasteiger charge is 2.34. The van der Waals surface area contributed by atoms with Crippen molar-refractivity contribution < 1.29 is 13.9 Å². The lowest BCUT2D eigenvalue weighted by molar-refractivity contribution is -0.0696. The van der Waals surface area contributed by atoms with E-state index in [1.807, 2.05) is 17.9 Å². The molecular weight excluding hydrogens is 414 g/mol. The highest BCUT2D eigenvalue weighted by atomic mass is 31.0. The molecule has 2 fully saturated rings. The van der Waals surface area contributed by atoms with Crippen molar-refractivity contribution in [1.82, 2.24) is 20.0 Å². The zero-order chi connectivity index (χ0) is 21.5. The van der Waals surface area contributed by atoms with Gasteiger partial charge in [0.25, 0.3) is 5.91 Å². The number of nitrogens with one attached hydrogen (secondary N) is 1. The monoisotopic (exact) mass is 444 g/mol. The Morgan fingerprint density at radius 2 is 2.06 bits per heavy atom. The predicted molar refractivity (Wildman–Crippen MR) is 120 cm³/mol. The van der Waals surface area contributed by atoms with Crippen LogP contribution in [0.25, 0.3) is 0 Å². The number of aromatic amines is 1. The van der Waals surface area contributed by atoms with E-state index in [1.54, 1.807) is 0 Å². The predicted octanol–water partition coefficient (Wildman–Crippen LogP) is 2.39. The van der Waals surface area contributed by atoms with Gasteiger partial charge in [0.05, 0.1) is 19.3 Å². The van der Waals surface area contributed by atoms with Gasteiger partial charge in [-0.25, -0.2) is 4.39 Å². The van der Waals surface area contributed by atoms with E-state index in [9.17, 15) is 9.18 Å².